The monoisotopic (exact) mass is 501 g/mol. The summed E-state index contributed by atoms with van der Waals surface area (Å²) >= 11 is -3.46. The number of nitrogens with zero attached hydrogens (tertiary/aromatic N) is 3. The molecule has 0 saturated carbocycles. The molecule has 7 heteroatoms. The zero-order chi connectivity index (χ0) is 22.7. The van der Waals surface area contributed by atoms with Crippen LogP contribution in [0.3, 0.4) is 0 Å². The Morgan fingerprint density at radius 1 is 0.412 bits per heavy atom. The van der Waals surface area contributed by atoms with Crippen LogP contribution in [-0.2, 0) is 0 Å². The van der Waals surface area contributed by atoms with Gasteiger partial charge in [0.2, 0.25) is 0 Å². The predicted molar refractivity (Wildman–Crippen MR) is 133 cm³/mol. The van der Waals surface area contributed by atoms with Gasteiger partial charge in [-0.1, -0.05) is 0 Å². The van der Waals surface area contributed by atoms with Crippen molar-refractivity contribution in [3.05, 3.63) is 110 Å². The van der Waals surface area contributed by atoms with Crippen LogP contribution in [0.5, 0.6) is 17.2 Å². The van der Waals surface area contributed by atoms with Crippen molar-refractivity contribution in [3.63, 3.8) is 0 Å². The number of aromatic nitrogens is 3. The second kappa shape index (κ2) is 9.05. The molecule has 0 N–H and O–H groups in total. The zero-order valence-corrected chi connectivity index (χ0v) is 20.5. The molecule has 0 bridgehead atoms. The van der Waals surface area contributed by atoms with Gasteiger partial charge >= 0.3 is 202 Å². The molecular formula is C27H18GaN3O3. The first-order valence-electron chi connectivity index (χ1n) is 10.9. The Morgan fingerprint density at radius 3 is 1.09 bits per heavy atom. The standard InChI is InChI=1S/3C9H7NO.Ga/c3*11-8-5-1-3-7-4-2-6-10-9(7)8;/h3*1-6,11H;/q;;;+3/p-3. The van der Waals surface area contributed by atoms with E-state index in [2.05, 4.69) is 15.0 Å². The molecule has 0 fully saturated rings. The second-order valence-corrected chi connectivity index (χ2v) is 10.3. The predicted octanol–water partition coefficient (Wildman–Crippen LogP) is 5.85. The van der Waals surface area contributed by atoms with Crippen molar-refractivity contribution in [3.8, 4) is 17.2 Å². The SMILES string of the molecule is c1cnc2c([O][Ga]([O]c3cccc4cccnc34)[O]c3cccc4cccnc34)cccc2c1. The summed E-state index contributed by atoms with van der Waals surface area (Å²) in [4.78, 5) is 13.6. The summed E-state index contributed by atoms with van der Waals surface area (Å²) in [7, 11) is 0. The maximum absolute atomic E-state index is 6.46. The zero-order valence-electron chi connectivity index (χ0n) is 18.0. The molecule has 6 rings (SSSR count). The van der Waals surface area contributed by atoms with Crippen LogP contribution in [0.4, 0.5) is 0 Å². The van der Waals surface area contributed by atoms with Gasteiger partial charge < -0.3 is 0 Å². The van der Waals surface area contributed by atoms with Crippen LogP contribution in [0.25, 0.3) is 32.7 Å². The van der Waals surface area contributed by atoms with E-state index in [9.17, 15) is 0 Å². The number of benzene rings is 3. The van der Waals surface area contributed by atoms with E-state index in [1.54, 1.807) is 18.6 Å². The summed E-state index contributed by atoms with van der Waals surface area (Å²) in [5.74, 6) is 1.89. The molecule has 6 aromatic rings. The molecule has 162 valence electrons. The Bertz CT molecular complexity index is 1420. The molecule has 6 nitrogen and oxygen atoms in total. The van der Waals surface area contributed by atoms with Crippen molar-refractivity contribution in [2.75, 3.05) is 0 Å². The molecule has 3 heterocycles. The van der Waals surface area contributed by atoms with E-state index in [0.29, 0.717) is 17.2 Å². The van der Waals surface area contributed by atoms with Gasteiger partial charge in [0.05, 0.1) is 0 Å². The Labute approximate surface area is 202 Å². The number of hydrogen-bond acceptors (Lipinski definition) is 6. The van der Waals surface area contributed by atoms with E-state index >= 15 is 0 Å². The summed E-state index contributed by atoms with van der Waals surface area (Å²) in [5.41, 5.74) is 2.29. The van der Waals surface area contributed by atoms with Crippen molar-refractivity contribution in [1.29, 1.82) is 0 Å². The Morgan fingerprint density at radius 2 is 0.735 bits per heavy atom. The van der Waals surface area contributed by atoms with E-state index in [0.717, 1.165) is 32.7 Å². The van der Waals surface area contributed by atoms with Gasteiger partial charge in [-0.2, -0.15) is 0 Å². The van der Waals surface area contributed by atoms with Gasteiger partial charge in [0.15, 0.2) is 0 Å². The molecule has 0 spiro atoms. The molecule has 0 unspecified atom stereocenters. The molecule has 3 aromatic heterocycles. The molecule has 0 aliphatic heterocycles. The number of hydrogen-bond donors (Lipinski definition) is 0. The van der Waals surface area contributed by atoms with Crippen LogP contribution in [-0.4, -0.2) is 32.3 Å². The van der Waals surface area contributed by atoms with Crippen LogP contribution in [0.15, 0.2) is 110 Å². The fourth-order valence-corrected chi connectivity index (χ4v) is 6.70. The van der Waals surface area contributed by atoms with Crippen LogP contribution in [0, 0.1) is 0 Å². The molecule has 0 amide bonds. The normalized spacial score (nSPS) is 10.9. The molecule has 34 heavy (non-hydrogen) atoms. The quantitative estimate of drug-likeness (QED) is 0.266. The molecule has 0 radical (unpaired) electrons. The summed E-state index contributed by atoms with van der Waals surface area (Å²) in [6.45, 7) is 0. The number of rotatable bonds is 6. The third-order valence-electron chi connectivity index (χ3n) is 5.46. The molecule has 0 saturated heterocycles. The third kappa shape index (κ3) is 4.02. The van der Waals surface area contributed by atoms with E-state index in [-0.39, 0.29) is 0 Å². The Balaban J connectivity index is 1.42. The Hall–Kier alpha value is -4.07. The van der Waals surface area contributed by atoms with E-state index in [4.69, 9.17) is 10.6 Å². The first-order valence-corrected chi connectivity index (χ1v) is 13.8. The molecule has 0 atom stereocenters. The summed E-state index contributed by atoms with van der Waals surface area (Å²) in [6.07, 6.45) is 5.26. The number of pyridine rings is 3. The van der Waals surface area contributed by atoms with Crippen molar-refractivity contribution in [2.45, 2.75) is 0 Å². The number of para-hydroxylation sites is 3. The first-order chi connectivity index (χ1) is 16.8. The fraction of sp³-hybridized carbons (Fsp3) is 0. The molecule has 3 aromatic carbocycles. The van der Waals surface area contributed by atoms with Crippen LogP contribution in [0.2, 0.25) is 0 Å². The van der Waals surface area contributed by atoms with Gasteiger partial charge in [0.1, 0.15) is 0 Å². The Kier molecular flexibility index (Phi) is 5.46. The average molecular weight is 502 g/mol. The van der Waals surface area contributed by atoms with E-state index in [1.165, 1.54) is 0 Å². The van der Waals surface area contributed by atoms with Crippen molar-refractivity contribution in [2.24, 2.45) is 0 Å². The minimum absolute atomic E-state index is 0.629. The van der Waals surface area contributed by atoms with Gasteiger partial charge in [-0.05, 0) is 0 Å². The molecule has 0 aliphatic carbocycles. The summed E-state index contributed by atoms with van der Waals surface area (Å²) in [5, 5.41) is 2.96. The second-order valence-electron chi connectivity index (χ2n) is 7.64. The summed E-state index contributed by atoms with van der Waals surface area (Å²) in [6, 6.07) is 29.2. The van der Waals surface area contributed by atoms with Gasteiger partial charge in [0.25, 0.3) is 0 Å². The van der Waals surface area contributed by atoms with Crippen LogP contribution >= 0.6 is 0 Å². The fourth-order valence-electron chi connectivity index (χ4n) is 3.90. The van der Waals surface area contributed by atoms with Crippen LogP contribution < -0.4 is 10.6 Å². The van der Waals surface area contributed by atoms with E-state index < -0.39 is 17.3 Å². The van der Waals surface area contributed by atoms with Gasteiger partial charge in [-0.15, -0.1) is 0 Å². The first kappa shape index (κ1) is 20.5. The van der Waals surface area contributed by atoms with Crippen molar-refractivity contribution >= 4 is 50.0 Å². The van der Waals surface area contributed by atoms with Gasteiger partial charge in [0, 0.05) is 0 Å². The van der Waals surface area contributed by atoms with Crippen molar-refractivity contribution < 1.29 is 10.6 Å². The van der Waals surface area contributed by atoms with Crippen molar-refractivity contribution in [1.82, 2.24) is 15.0 Å². The van der Waals surface area contributed by atoms with Gasteiger partial charge in [-0.25, -0.2) is 0 Å². The van der Waals surface area contributed by atoms with Gasteiger partial charge in [-0.3, -0.25) is 0 Å². The topological polar surface area (TPSA) is 66.4 Å². The average Bonchev–Trinajstić information content (AvgIpc) is 2.89. The molecular weight excluding hydrogens is 484 g/mol. The summed E-state index contributed by atoms with van der Waals surface area (Å²) < 4.78 is 19.4. The number of fused-ring (bicyclic) bond motifs is 3. The molecule has 0 aliphatic rings. The minimum atomic E-state index is -3.46. The third-order valence-corrected chi connectivity index (χ3v) is 8.27. The maximum atomic E-state index is 6.46. The van der Waals surface area contributed by atoms with E-state index in [1.807, 2.05) is 91.0 Å². The van der Waals surface area contributed by atoms with Crippen LogP contribution in [0.1, 0.15) is 0 Å².